The van der Waals surface area contributed by atoms with Crippen LogP contribution in [0.1, 0.15) is 12.8 Å². The summed E-state index contributed by atoms with van der Waals surface area (Å²) >= 11 is 25.2. The SMILES string of the molecule is ClC1=C[C@H]2C[C@H]([C@H]3C[C@H]4[C@H]([C@H]32)C4(Cl)Cl)[C@@H]1Cl. The molecule has 0 aromatic rings. The maximum absolute atomic E-state index is 6.39. The van der Waals surface area contributed by atoms with Gasteiger partial charge in [-0.1, -0.05) is 17.7 Å². The van der Waals surface area contributed by atoms with Gasteiger partial charge < -0.3 is 0 Å². The molecule has 4 aliphatic carbocycles. The Balaban J connectivity index is 1.72. The van der Waals surface area contributed by atoms with Crippen molar-refractivity contribution in [3.8, 4) is 0 Å². The topological polar surface area (TPSA) is 0 Å². The molecule has 4 heteroatoms. The smallest absolute Gasteiger partial charge is 0.117 e. The van der Waals surface area contributed by atoms with E-state index in [-0.39, 0.29) is 5.38 Å². The highest BCUT2D eigenvalue weighted by atomic mass is 35.5. The number of allylic oxidation sites excluding steroid dienone is 2. The third-order valence-corrected chi connectivity index (χ3v) is 7.40. The fraction of sp³-hybridized carbons (Fsp3) is 0.833. The predicted octanol–water partition coefficient (Wildman–Crippen LogP) is 4.42. The van der Waals surface area contributed by atoms with E-state index in [9.17, 15) is 0 Å². The van der Waals surface area contributed by atoms with E-state index in [0.717, 1.165) is 11.5 Å². The van der Waals surface area contributed by atoms with Crippen molar-refractivity contribution in [2.45, 2.75) is 22.6 Å². The largest absolute Gasteiger partial charge is 0.125 e. The van der Waals surface area contributed by atoms with Gasteiger partial charge in [0.25, 0.3) is 0 Å². The van der Waals surface area contributed by atoms with E-state index in [2.05, 4.69) is 6.08 Å². The zero-order chi connectivity index (χ0) is 11.2. The molecule has 3 saturated carbocycles. The molecule has 4 rings (SSSR count). The second kappa shape index (κ2) is 3.07. The van der Waals surface area contributed by atoms with Crippen LogP contribution >= 0.6 is 46.4 Å². The first-order valence-corrected chi connectivity index (χ1v) is 7.48. The number of hydrogen-bond acceptors (Lipinski definition) is 0. The molecule has 2 bridgehead atoms. The van der Waals surface area contributed by atoms with Crippen molar-refractivity contribution < 1.29 is 0 Å². The van der Waals surface area contributed by atoms with Gasteiger partial charge in [-0.3, -0.25) is 0 Å². The minimum absolute atomic E-state index is 0.0328. The molecule has 0 aromatic carbocycles. The molecule has 0 radical (unpaired) electrons. The first kappa shape index (κ1) is 10.8. The molecule has 7 atom stereocenters. The maximum atomic E-state index is 6.39. The Kier molecular flexibility index (Phi) is 2.07. The Hall–Kier alpha value is 0.900. The van der Waals surface area contributed by atoms with Crippen molar-refractivity contribution in [3.63, 3.8) is 0 Å². The summed E-state index contributed by atoms with van der Waals surface area (Å²) in [5.74, 6) is 3.50. The lowest BCUT2D eigenvalue weighted by molar-refractivity contribution is 0.309. The predicted molar refractivity (Wildman–Crippen MR) is 68.2 cm³/mol. The fourth-order valence-electron chi connectivity index (χ4n) is 4.67. The molecule has 0 heterocycles. The highest BCUT2D eigenvalue weighted by molar-refractivity contribution is 6.51. The molecule has 0 spiro atoms. The molecule has 0 nitrogen and oxygen atoms in total. The van der Waals surface area contributed by atoms with Crippen molar-refractivity contribution in [2.24, 2.45) is 35.5 Å². The molecule has 0 aromatic heterocycles. The minimum Gasteiger partial charge on any atom is -0.117 e. The van der Waals surface area contributed by atoms with Gasteiger partial charge in [-0.2, -0.15) is 0 Å². The van der Waals surface area contributed by atoms with E-state index in [1.165, 1.54) is 6.42 Å². The lowest BCUT2D eigenvalue weighted by Gasteiger charge is -2.25. The van der Waals surface area contributed by atoms with Crippen LogP contribution in [0.15, 0.2) is 11.1 Å². The van der Waals surface area contributed by atoms with Gasteiger partial charge in [0.05, 0.1) is 5.38 Å². The average Bonchev–Trinajstić information content (AvgIpc) is 2.63. The second-order valence-corrected chi connectivity index (χ2v) is 8.15. The molecule has 4 aliphatic rings. The summed E-state index contributed by atoms with van der Waals surface area (Å²) in [6.07, 6.45) is 4.52. The summed E-state index contributed by atoms with van der Waals surface area (Å²) in [5, 5.41) is 0.884. The Bertz CT molecular complexity index is 388. The first-order valence-electron chi connectivity index (χ1n) is 5.91. The quantitative estimate of drug-likeness (QED) is 0.581. The normalized spacial score (nSPS) is 60.2. The summed E-state index contributed by atoms with van der Waals surface area (Å²) in [5.41, 5.74) is 0. The number of rotatable bonds is 0. The van der Waals surface area contributed by atoms with Gasteiger partial charge in [0.1, 0.15) is 4.33 Å². The fourth-order valence-corrected chi connectivity index (χ4v) is 6.27. The highest BCUT2D eigenvalue weighted by Gasteiger charge is 2.75. The van der Waals surface area contributed by atoms with Crippen LogP contribution in [0.5, 0.6) is 0 Å². The monoisotopic (exact) mass is 296 g/mol. The van der Waals surface area contributed by atoms with Crippen LogP contribution in [0.4, 0.5) is 0 Å². The molecule has 3 fully saturated rings. The van der Waals surface area contributed by atoms with Gasteiger partial charge >= 0.3 is 0 Å². The average molecular weight is 298 g/mol. The standard InChI is InChI=1S/C12H12Cl4/c13-8-2-4-1-6(11(8)14)5-3-7-10(9(4)5)12(7,15)16/h2,4-7,9-11H,1,3H2/t4-,5-,6-,7+,9+,10-,11+/m1/s1. The van der Waals surface area contributed by atoms with Crippen molar-refractivity contribution >= 4 is 46.4 Å². The van der Waals surface area contributed by atoms with E-state index in [0.29, 0.717) is 35.5 Å². The minimum atomic E-state index is -0.444. The molecule has 0 amide bonds. The molecular formula is C12H12Cl4. The van der Waals surface area contributed by atoms with Crippen molar-refractivity contribution in [1.82, 2.24) is 0 Å². The Morgan fingerprint density at radius 2 is 1.94 bits per heavy atom. The van der Waals surface area contributed by atoms with Gasteiger partial charge in [-0.25, -0.2) is 0 Å². The molecular weight excluding hydrogens is 286 g/mol. The summed E-state index contributed by atoms with van der Waals surface area (Å²) in [6.45, 7) is 0. The first-order chi connectivity index (χ1) is 7.51. The van der Waals surface area contributed by atoms with E-state index in [1.54, 1.807) is 0 Å². The number of halogens is 4. The van der Waals surface area contributed by atoms with Gasteiger partial charge in [0, 0.05) is 11.0 Å². The second-order valence-electron chi connectivity index (χ2n) is 5.80. The maximum Gasteiger partial charge on any atom is 0.125 e. The van der Waals surface area contributed by atoms with Crippen LogP contribution in [-0.4, -0.2) is 9.71 Å². The van der Waals surface area contributed by atoms with E-state index in [4.69, 9.17) is 46.4 Å². The van der Waals surface area contributed by atoms with Gasteiger partial charge in [0.2, 0.25) is 0 Å². The molecule has 0 N–H and O–H groups in total. The van der Waals surface area contributed by atoms with Crippen molar-refractivity contribution in [2.75, 3.05) is 0 Å². The lowest BCUT2D eigenvalue weighted by atomic mass is 9.86. The van der Waals surface area contributed by atoms with Gasteiger partial charge in [0.15, 0.2) is 0 Å². The molecule has 0 saturated heterocycles. The summed E-state index contributed by atoms with van der Waals surface area (Å²) in [4.78, 5) is 0. The van der Waals surface area contributed by atoms with Crippen molar-refractivity contribution in [3.05, 3.63) is 11.1 Å². The molecule has 16 heavy (non-hydrogen) atoms. The Labute approximate surface area is 115 Å². The van der Waals surface area contributed by atoms with Crippen LogP contribution in [0.2, 0.25) is 0 Å². The summed E-state index contributed by atoms with van der Waals surface area (Å²) in [7, 11) is 0. The van der Waals surface area contributed by atoms with Crippen LogP contribution < -0.4 is 0 Å². The van der Waals surface area contributed by atoms with Crippen molar-refractivity contribution in [1.29, 1.82) is 0 Å². The molecule has 0 aliphatic heterocycles. The number of hydrogen-bond donors (Lipinski definition) is 0. The van der Waals surface area contributed by atoms with Crippen LogP contribution in [-0.2, 0) is 0 Å². The number of alkyl halides is 3. The number of fused-ring (bicyclic) bond motifs is 7. The van der Waals surface area contributed by atoms with E-state index >= 15 is 0 Å². The third kappa shape index (κ3) is 1.11. The Morgan fingerprint density at radius 3 is 2.69 bits per heavy atom. The van der Waals surface area contributed by atoms with Gasteiger partial charge in [-0.15, -0.1) is 34.8 Å². The lowest BCUT2D eigenvalue weighted by Crippen LogP contribution is -2.23. The van der Waals surface area contributed by atoms with E-state index < -0.39 is 4.33 Å². The zero-order valence-corrected chi connectivity index (χ0v) is 11.6. The van der Waals surface area contributed by atoms with E-state index in [1.807, 2.05) is 0 Å². The van der Waals surface area contributed by atoms with Gasteiger partial charge in [-0.05, 0) is 42.4 Å². The summed E-state index contributed by atoms with van der Waals surface area (Å²) < 4.78 is -0.444. The molecule has 88 valence electrons. The highest BCUT2D eigenvalue weighted by Crippen LogP contribution is 2.76. The van der Waals surface area contributed by atoms with Crippen LogP contribution in [0, 0.1) is 35.5 Å². The summed E-state index contributed by atoms with van der Waals surface area (Å²) in [6, 6.07) is 0. The van der Waals surface area contributed by atoms with Crippen LogP contribution in [0.25, 0.3) is 0 Å². The zero-order valence-electron chi connectivity index (χ0n) is 8.54. The Morgan fingerprint density at radius 1 is 1.19 bits per heavy atom. The van der Waals surface area contributed by atoms with Crippen LogP contribution in [0.3, 0.4) is 0 Å². The third-order valence-electron chi connectivity index (χ3n) is 5.30. The molecule has 0 unspecified atom stereocenters.